The van der Waals surface area contributed by atoms with Gasteiger partial charge >= 0.3 is 0 Å². The molecule has 3 heteroatoms. The highest BCUT2D eigenvalue weighted by Crippen LogP contribution is 2.10. The number of nitrogens with two attached hydrogens (primary N) is 1. The molecular formula is C8H16N2O. The molecule has 0 aromatic heterocycles. The molecule has 0 spiro atoms. The van der Waals surface area contributed by atoms with Gasteiger partial charge in [0.05, 0.1) is 6.04 Å². The van der Waals surface area contributed by atoms with Crippen LogP contribution in [-0.2, 0) is 4.79 Å². The maximum atomic E-state index is 11.4. The van der Waals surface area contributed by atoms with Crippen molar-refractivity contribution in [1.82, 2.24) is 4.90 Å². The first-order valence-corrected chi connectivity index (χ1v) is 4.17. The lowest BCUT2D eigenvalue weighted by Gasteiger charge is -2.33. The van der Waals surface area contributed by atoms with Crippen LogP contribution in [0.1, 0.15) is 20.3 Å². The lowest BCUT2D eigenvalue weighted by atomic mass is 10.0. The summed E-state index contributed by atoms with van der Waals surface area (Å²) >= 11 is 0. The van der Waals surface area contributed by atoms with Gasteiger partial charge in [0.15, 0.2) is 0 Å². The molecule has 1 atom stereocenters. The van der Waals surface area contributed by atoms with Gasteiger partial charge in [0.1, 0.15) is 0 Å². The van der Waals surface area contributed by atoms with E-state index in [1.165, 1.54) is 0 Å². The Kier molecular flexibility index (Phi) is 2.49. The zero-order valence-electron chi connectivity index (χ0n) is 7.21. The molecule has 1 heterocycles. The maximum Gasteiger partial charge on any atom is 0.239 e. The zero-order valence-corrected chi connectivity index (χ0v) is 7.21. The summed E-state index contributed by atoms with van der Waals surface area (Å²) in [6.07, 6.45) is 1.14. The minimum Gasteiger partial charge on any atom is -0.341 e. The molecular weight excluding hydrogens is 140 g/mol. The second kappa shape index (κ2) is 3.22. The van der Waals surface area contributed by atoms with Crippen LogP contribution >= 0.6 is 0 Å². The average molecular weight is 156 g/mol. The summed E-state index contributed by atoms with van der Waals surface area (Å²) in [4.78, 5) is 13.2. The van der Waals surface area contributed by atoms with Crippen molar-refractivity contribution in [3.05, 3.63) is 0 Å². The van der Waals surface area contributed by atoms with Gasteiger partial charge in [0.25, 0.3) is 0 Å². The highest BCUT2D eigenvalue weighted by molar-refractivity contribution is 5.82. The van der Waals surface area contributed by atoms with E-state index in [0.717, 1.165) is 19.5 Å². The first kappa shape index (κ1) is 8.53. The van der Waals surface area contributed by atoms with Crippen LogP contribution in [-0.4, -0.2) is 29.9 Å². The summed E-state index contributed by atoms with van der Waals surface area (Å²) in [5.74, 6) is 0.370. The quantitative estimate of drug-likeness (QED) is 0.621. The summed E-state index contributed by atoms with van der Waals surface area (Å²) < 4.78 is 0. The number of nitrogens with zero attached hydrogens (tertiary/aromatic N) is 1. The largest absolute Gasteiger partial charge is 0.341 e. The van der Waals surface area contributed by atoms with Crippen molar-refractivity contribution in [2.45, 2.75) is 26.3 Å². The predicted octanol–water partition coefficient (Wildman–Crippen LogP) is 0.202. The molecule has 11 heavy (non-hydrogen) atoms. The fraction of sp³-hybridized carbons (Fsp3) is 0.875. The molecule has 64 valence electrons. The van der Waals surface area contributed by atoms with Crippen molar-refractivity contribution >= 4 is 5.91 Å². The standard InChI is InChI=1S/C8H16N2O/c1-6(2)7(9)8(11)10-4-3-5-10/h6-7H,3-5,9H2,1-2H3. The lowest BCUT2D eigenvalue weighted by Crippen LogP contribution is -2.51. The molecule has 0 saturated carbocycles. The van der Waals surface area contributed by atoms with Crippen LogP contribution < -0.4 is 5.73 Å². The number of carbonyl (C=O) groups excluding carboxylic acids is 1. The van der Waals surface area contributed by atoms with Gasteiger partial charge in [-0.05, 0) is 12.3 Å². The number of likely N-dealkylation sites (tertiary alicyclic amines) is 1. The van der Waals surface area contributed by atoms with Crippen LogP contribution in [0.2, 0.25) is 0 Å². The van der Waals surface area contributed by atoms with Crippen LogP contribution in [0.5, 0.6) is 0 Å². The Balaban J connectivity index is 2.39. The van der Waals surface area contributed by atoms with Gasteiger partial charge in [-0.15, -0.1) is 0 Å². The molecule has 1 aliphatic rings. The highest BCUT2D eigenvalue weighted by Gasteiger charge is 2.26. The van der Waals surface area contributed by atoms with E-state index in [9.17, 15) is 4.79 Å². The summed E-state index contributed by atoms with van der Waals surface area (Å²) in [7, 11) is 0. The molecule has 0 aliphatic carbocycles. The number of amides is 1. The third kappa shape index (κ3) is 1.71. The van der Waals surface area contributed by atoms with Gasteiger partial charge in [-0.1, -0.05) is 13.8 Å². The topological polar surface area (TPSA) is 46.3 Å². The zero-order chi connectivity index (χ0) is 8.43. The third-order valence-corrected chi connectivity index (χ3v) is 2.17. The monoisotopic (exact) mass is 156 g/mol. The van der Waals surface area contributed by atoms with Crippen molar-refractivity contribution in [3.8, 4) is 0 Å². The Hall–Kier alpha value is -0.570. The normalized spacial score (nSPS) is 19.8. The summed E-state index contributed by atoms with van der Waals surface area (Å²) in [6.45, 7) is 5.75. The second-order valence-corrected chi connectivity index (χ2v) is 3.45. The van der Waals surface area contributed by atoms with Gasteiger partial charge in [-0.3, -0.25) is 4.79 Å². The van der Waals surface area contributed by atoms with E-state index in [1.807, 2.05) is 18.7 Å². The fourth-order valence-corrected chi connectivity index (χ4v) is 1.03. The van der Waals surface area contributed by atoms with Crippen LogP contribution in [0.4, 0.5) is 0 Å². The van der Waals surface area contributed by atoms with E-state index in [-0.39, 0.29) is 17.9 Å². The van der Waals surface area contributed by atoms with E-state index >= 15 is 0 Å². The minimum atomic E-state index is -0.296. The molecule has 1 amide bonds. The summed E-state index contributed by atoms with van der Waals surface area (Å²) in [5, 5.41) is 0. The van der Waals surface area contributed by atoms with Crippen LogP contribution in [0.3, 0.4) is 0 Å². The SMILES string of the molecule is CC(C)C(N)C(=O)N1CCC1. The predicted molar refractivity (Wildman–Crippen MR) is 44.0 cm³/mol. The smallest absolute Gasteiger partial charge is 0.239 e. The number of carbonyl (C=O) groups is 1. The van der Waals surface area contributed by atoms with E-state index in [1.54, 1.807) is 0 Å². The number of hydrogen-bond acceptors (Lipinski definition) is 2. The van der Waals surface area contributed by atoms with Gasteiger partial charge in [-0.2, -0.15) is 0 Å². The summed E-state index contributed by atoms with van der Waals surface area (Å²) in [5.41, 5.74) is 5.68. The molecule has 1 rings (SSSR count). The molecule has 1 unspecified atom stereocenters. The number of rotatable bonds is 2. The molecule has 1 saturated heterocycles. The Morgan fingerprint density at radius 2 is 2.00 bits per heavy atom. The maximum absolute atomic E-state index is 11.4. The molecule has 1 fully saturated rings. The van der Waals surface area contributed by atoms with Gasteiger partial charge in [0, 0.05) is 13.1 Å². The van der Waals surface area contributed by atoms with Gasteiger partial charge < -0.3 is 10.6 Å². The van der Waals surface area contributed by atoms with Gasteiger partial charge in [-0.25, -0.2) is 0 Å². The van der Waals surface area contributed by atoms with E-state index < -0.39 is 0 Å². The van der Waals surface area contributed by atoms with Crippen molar-refractivity contribution < 1.29 is 4.79 Å². The van der Waals surface area contributed by atoms with E-state index in [2.05, 4.69) is 0 Å². The van der Waals surface area contributed by atoms with Crippen molar-refractivity contribution in [3.63, 3.8) is 0 Å². The second-order valence-electron chi connectivity index (χ2n) is 3.45. The molecule has 0 radical (unpaired) electrons. The van der Waals surface area contributed by atoms with Crippen LogP contribution in [0.25, 0.3) is 0 Å². The molecule has 2 N–H and O–H groups in total. The van der Waals surface area contributed by atoms with Crippen LogP contribution in [0.15, 0.2) is 0 Å². The first-order chi connectivity index (χ1) is 5.13. The minimum absolute atomic E-state index is 0.117. The first-order valence-electron chi connectivity index (χ1n) is 4.17. The Bertz CT molecular complexity index is 152. The molecule has 0 aromatic carbocycles. The van der Waals surface area contributed by atoms with Crippen molar-refractivity contribution in [2.75, 3.05) is 13.1 Å². The Morgan fingerprint density at radius 3 is 2.27 bits per heavy atom. The average Bonchev–Trinajstić information content (AvgIpc) is 1.82. The fourth-order valence-electron chi connectivity index (χ4n) is 1.03. The van der Waals surface area contributed by atoms with E-state index in [0.29, 0.717) is 0 Å². The Labute approximate surface area is 67.5 Å². The molecule has 3 nitrogen and oxygen atoms in total. The number of hydrogen-bond donors (Lipinski definition) is 1. The third-order valence-electron chi connectivity index (χ3n) is 2.17. The lowest BCUT2D eigenvalue weighted by molar-refractivity contribution is -0.137. The van der Waals surface area contributed by atoms with Crippen molar-refractivity contribution in [1.29, 1.82) is 0 Å². The van der Waals surface area contributed by atoms with Crippen LogP contribution in [0, 0.1) is 5.92 Å². The Morgan fingerprint density at radius 1 is 1.45 bits per heavy atom. The molecule has 0 aromatic rings. The highest BCUT2D eigenvalue weighted by atomic mass is 16.2. The molecule has 1 aliphatic heterocycles. The summed E-state index contributed by atoms with van der Waals surface area (Å²) in [6, 6.07) is -0.296. The van der Waals surface area contributed by atoms with E-state index in [4.69, 9.17) is 5.73 Å². The molecule has 0 bridgehead atoms. The van der Waals surface area contributed by atoms with Gasteiger partial charge in [0.2, 0.25) is 5.91 Å². The van der Waals surface area contributed by atoms with Crippen molar-refractivity contribution in [2.24, 2.45) is 11.7 Å².